The number of hydrogen-bond donors (Lipinski definition) is 2. The van der Waals surface area contributed by atoms with Crippen LogP contribution in [-0.4, -0.2) is 73.1 Å². The van der Waals surface area contributed by atoms with Gasteiger partial charge < -0.3 is 15.5 Å². The quantitative estimate of drug-likeness (QED) is 0.707. The third kappa shape index (κ3) is 4.66. The van der Waals surface area contributed by atoms with Gasteiger partial charge in [0, 0.05) is 44.8 Å². The number of carbonyl (C=O) groups excluding carboxylic acids is 1. The van der Waals surface area contributed by atoms with Crippen molar-refractivity contribution in [1.82, 2.24) is 20.4 Å². The Morgan fingerprint density at radius 3 is 2.48 bits per heavy atom. The molecule has 0 aliphatic carbocycles. The van der Waals surface area contributed by atoms with Gasteiger partial charge in [-0.3, -0.25) is 9.69 Å². The van der Waals surface area contributed by atoms with Crippen LogP contribution < -0.4 is 10.6 Å². The summed E-state index contributed by atoms with van der Waals surface area (Å²) in [5.41, 5.74) is 0. The molecule has 0 radical (unpaired) electrons. The molecule has 3 unspecified atom stereocenters. The SMILES string of the molecule is CC1CCC(C)N1C(C)C(=O)NCCCN1CCNCC1. The van der Waals surface area contributed by atoms with Gasteiger partial charge in [0.2, 0.25) is 5.91 Å². The maximum absolute atomic E-state index is 12.3. The number of nitrogens with one attached hydrogen (secondary N) is 2. The highest BCUT2D eigenvalue weighted by Gasteiger charge is 2.34. The number of carbonyl (C=O) groups is 1. The first-order valence-electron chi connectivity index (χ1n) is 8.58. The minimum absolute atomic E-state index is 0.00307. The fraction of sp³-hybridized carbons (Fsp3) is 0.938. The van der Waals surface area contributed by atoms with Crippen molar-refractivity contribution in [2.75, 3.05) is 39.3 Å². The van der Waals surface area contributed by atoms with Crippen molar-refractivity contribution in [2.24, 2.45) is 0 Å². The molecule has 2 heterocycles. The van der Waals surface area contributed by atoms with Gasteiger partial charge in [-0.25, -0.2) is 0 Å². The lowest BCUT2D eigenvalue weighted by atomic mass is 10.2. The van der Waals surface area contributed by atoms with E-state index in [-0.39, 0.29) is 11.9 Å². The molecule has 5 heteroatoms. The Kier molecular flexibility index (Phi) is 6.45. The Morgan fingerprint density at radius 2 is 1.86 bits per heavy atom. The van der Waals surface area contributed by atoms with Crippen LogP contribution in [0.1, 0.15) is 40.0 Å². The van der Waals surface area contributed by atoms with E-state index < -0.39 is 0 Å². The predicted molar refractivity (Wildman–Crippen MR) is 86.4 cm³/mol. The van der Waals surface area contributed by atoms with Crippen molar-refractivity contribution >= 4 is 5.91 Å². The summed E-state index contributed by atoms with van der Waals surface area (Å²) in [7, 11) is 0. The molecule has 3 atom stereocenters. The fourth-order valence-electron chi connectivity index (χ4n) is 3.71. The van der Waals surface area contributed by atoms with Gasteiger partial charge >= 0.3 is 0 Å². The van der Waals surface area contributed by atoms with Crippen LogP contribution in [0.15, 0.2) is 0 Å². The molecule has 2 rings (SSSR count). The average molecular weight is 296 g/mol. The molecule has 21 heavy (non-hydrogen) atoms. The van der Waals surface area contributed by atoms with E-state index >= 15 is 0 Å². The van der Waals surface area contributed by atoms with Crippen molar-refractivity contribution in [2.45, 2.75) is 58.2 Å². The van der Waals surface area contributed by atoms with E-state index in [4.69, 9.17) is 0 Å². The molecule has 1 amide bonds. The summed E-state index contributed by atoms with van der Waals surface area (Å²) in [6.07, 6.45) is 3.47. The van der Waals surface area contributed by atoms with Gasteiger partial charge in [0.15, 0.2) is 0 Å². The van der Waals surface area contributed by atoms with Crippen molar-refractivity contribution < 1.29 is 4.79 Å². The van der Waals surface area contributed by atoms with Gasteiger partial charge in [0.25, 0.3) is 0 Å². The first-order chi connectivity index (χ1) is 10.1. The maximum atomic E-state index is 12.3. The normalized spacial score (nSPS) is 29.5. The Labute approximate surface area is 129 Å². The van der Waals surface area contributed by atoms with Gasteiger partial charge in [-0.1, -0.05) is 0 Å². The lowest BCUT2D eigenvalue weighted by Gasteiger charge is -2.31. The second kappa shape index (κ2) is 8.11. The Balaban J connectivity index is 1.64. The molecule has 2 saturated heterocycles. The number of nitrogens with zero attached hydrogens (tertiary/aromatic N) is 2. The summed E-state index contributed by atoms with van der Waals surface area (Å²) in [4.78, 5) is 17.1. The minimum atomic E-state index is -0.00307. The van der Waals surface area contributed by atoms with Crippen LogP contribution >= 0.6 is 0 Å². The molecule has 122 valence electrons. The Hall–Kier alpha value is -0.650. The molecule has 0 saturated carbocycles. The van der Waals surface area contributed by atoms with Gasteiger partial charge in [-0.2, -0.15) is 0 Å². The smallest absolute Gasteiger partial charge is 0.237 e. The lowest BCUT2D eigenvalue weighted by molar-refractivity contribution is -0.126. The number of rotatable bonds is 6. The second-order valence-electron chi connectivity index (χ2n) is 6.63. The first-order valence-corrected chi connectivity index (χ1v) is 8.58. The molecule has 0 aromatic carbocycles. The highest BCUT2D eigenvalue weighted by molar-refractivity contribution is 5.81. The van der Waals surface area contributed by atoms with Crippen molar-refractivity contribution in [3.05, 3.63) is 0 Å². The standard InChI is InChI=1S/C16H32N4O/c1-13-5-6-14(2)20(13)15(3)16(21)18-7-4-10-19-11-8-17-9-12-19/h13-15,17H,4-12H2,1-3H3,(H,18,21). The van der Waals surface area contributed by atoms with E-state index in [1.165, 1.54) is 12.8 Å². The Morgan fingerprint density at radius 1 is 1.24 bits per heavy atom. The summed E-state index contributed by atoms with van der Waals surface area (Å²) < 4.78 is 0. The highest BCUT2D eigenvalue weighted by atomic mass is 16.2. The van der Waals surface area contributed by atoms with E-state index in [0.29, 0.717) is 12.1 Å². The molecule has 2 fully saturated rings. The van der Waals surface area contributed by atoms with E-state index in [9.17, 15) is 4.79 Å². The second-order valence-corrected chi connectivity index (χ2v) is 6.63. The fourth-order valence-corrected chi connectivity index (χ4v) is 3.71. The molecule has 5 nitrogen and oxygen atoms in total. The zero-order chi connectivity index (χ0) is 15.2. The minimum Gasteiger partial charge on any atom is -0.355 e. The van der Waals surface area contributed by atoms with Gasteiger partial charge in [0.05, 0.1) is 6.04 Å². The van der Waals surface area contributed by atoms with E-state index in [2.05, 4.69) is 34.3 Å². The zero-order valence-electron chi connectivity index (χ0n) is 13.9. The molecular formula is C16H32N4O. The summed E-state index contributed by atoms with van der Waals surface area (Å²) in [6.45, 7) is 12.8. The third-order valence-electron chi connectivity index (χ3n) is 5.01. The van der Waals surface area contributed by atoms with Crippen LogP contribution in [0.25, 0.3) is 0 Å². The molecule has 2 aliphatic rings. The van der Waals surface area contributed by atoms with Gasteiger partial charge in [0.1, 0.15) is 0 Å². The van der Waals surface area contributed by atoms with E-state index in [0.717, 1.165) is 45.7 Å². The highest BCUT2D eigenvalue weighted by Crippen LogP contribution is 2.25. The summed E-state index contributed by atoms with van der Waals surface area (Å²) >= 11 is 0. The average Bonchev–Trinajstić information content (AvgIpc) is 2.83. The lowest BCUT2D eigenvalue weighted by Crippen LogP contribution is -2.49. The van der Waals surface area contributed by atoms with E-state index in [1.54, 1.807) is 0 Å². The zero-order valence-corrected chi connectivity index (χ0v) is 13.9. The van der Waals surface area contributed by atoms with Crippen molar-refractivity contribution in [3.8, 4) is 0 Å². The number of hydrogen-bond acceptors (Lipinski definition) is 4. The largest absolute Gasteiger partial charge is 0.355 e. The summed E-state index contributed by atoms with van der Waals surface area (Å²) in [6, 6.07) is 1.06. The van der Waals surface area contributed by atoms with Gasteiger partial charge in [-0.05, 0) is 46.6 Å². The summed E-state index contributed by atoms with van der Waals surface area (Å²) in [5.74, 6) is 0.191. The van der Waals surface area contributed by atoms with Crippen molar-refractivity contribution in [1.29, 1.82) is 0 Å². The third-order valence-corrected chi connectivity index (χ3v) is 5.01. The number of amides is 1. The molecule has 2 N–H and O–H groups in total. The predicted octanol–water partition coefficient (Wildman–Crippen LogP) is 0.659. The number of likely N-dealkylation sites (tertiary alicyclic amines) is 1. The maximum Gasteiger partial charge on any atom is 0.237 e. The topological polar surface area (TPSA) is 47.6 Å². The molecular weight excluding hydrogens is 264 g/mol. The van der Waals surface area contributed by atoms with Gasteiger partial charge in [-0.15, -0.1) is 0 Å². The van der Waals surface area contributed by atoms with Crippen LogP contribution in [-0.2, 0) is 4.79 Å². The Bertz CT molecular complexity index is 320. The molecule has 0 aromatic rings. The first kappa shape index (κ1) is 16.7. The molecule has 2 aliphatic heterocycles. The van der Waals surface area contributed by atoms with E-state index in [1.807, 2.05) is 6.92 Å². The van der Waals surface area contributed by atoms with Crippen LogP contribution in [0.5, 0.6) is 0 Å². The van der Waals surface area contributed by atoms with Crippen LogP contribution in [0.4, 0.5) is 0 Å². The van der Waals surface area contributed by atoms with Crippen LogP contribution in [0.2, 0.25) is 0 Å². The van der Waals surface area contributed by atoms with Crippen LogP contribution in [0, 0.1) is 0 Å². The molecule has 0 aromatic heterocycles. The van der Waals surface area contributed by atoms with Crippen LogP contribution in [0.3, 0.4) is 0 Å². The monoisotopic (exact) mass is 296 g/mol. The van der Waals surface area contributed by atoms with Crippen molar-refractivity contribution in [3.63, 3.8) is 0 Å². The molecule has 0 bridgehead atoms. The number of piperazine rings is 1. The summed E-state index contributed by atoms with van der Waals surface area (Å²) in [5, 5.41) is 6.48. The molecule has 0 spiro atoms.